The molecule has 0 bridgehead atoms. The lowest BCUT2D eigenvalue weighted by Gasteiger charge is -2.36. The maximum atomic E-state index is 5.85. The van der Waals surface area contributed by atoms with Crippen LogP contribution in [0.2, 0.25) is 0 Å². The average Bonchev–Trinajstić information content (AvgIpc) is 2.69. The zero-order chi connectivity index (χ0) is 12.2. The van der Waals surface area contributed by atoms with Crippen LogP contribution in [-0.2, 0) is 4.74 Å². The molecule has 1 rings (SSSR count). The van der Waals surface area contributed by atoms with E-state index in [1.165, 1.54) is 4.88 Å². The molecule has 92 valence electrons. The summed E-state index contributed by atoms with van der Waals surface area (Å²) < 4.78 is 5.85. The standard InChI is InChI=1S/C12H22N2OS/c1-5-15-11(12(2,3)4)10(14-13)9-7-6-8-16-9/h6-8,10-11,14H,5,13H2,1-4H3. The van der Waals surface area contributed by atoms with Crippen molar-refractivity contribution >= 4 is 11.3 Å². The molecule has 1 aromatic heterocycles. The fourth-order valence-electron chi connectivity index (χ4n) is 1.81. The Labute approximate surface area is 102 Å². The summed E-state index contributed by atoms with van der Waals surface area (Å²) in [6.07, 6.45) is 0.0705. The van der Waals surface area contributed by atoms with Crippen molar-refractivity contribution in [2.75, 3.05) is 6.61 Å². The third-order valence-corrected chi connectivity index (χ3v) is 3.49. The summed E-state index contributed by atoms with van der Waals surface area (Å²) in [5.41, 5.74) is 2.93. The van der Waals surface area contributed by atoms with Crippen molar-refractivity contribution in [2.45, 2.75) is 39.8 Å². The van der Waals surface area contributed by atoms with Crippen LogP contribution in [0.15, 0.2) is 17.5 Å². The highest BCUT2D eigenvalue weighted by atomic mass is 32.1. The molecule has 3 nitrogen and oxygen atoms in total. The average molecular weight is 242 g/mol. The van der Waals surface area contributed by atoms with Gasteiger partial charge in [-0.2, -0.15) is 0 Å². The molecule has 4 heteroatoms. The molecule has 0 aromatic carbocycles. The van der Waals surface area contributed by atoms with Gasteiger partial charge in [0.15, 0.2) is 0 Å². The van der Waals surface area contributed by atoms with E-state index in [9.17, 15) is 0 Å². The summed E-state index contributed by atoms with van der Waals surface area (Å²) in [5, 5.41) is 2.06. The summed E-state index contributed by atoms with van der Waals surface area (Å²) in [5.74, 6) is 5.67. The molecule has 1 heterocycles. The molecule has 0 fully saturated rings. The Morgan fingerprint density at radius 1 is 1.50 bits per heavy atom. The Kier molecular flexibility index (Phi) is 4.92. The second kappa shape index (κ2) is 5.77. The first-order chi connectivity index (χ1) is 7.50. The first-order valence-corrected chi connectivity index (χ1v) is 6.49. The van der Waals surface area contributed by atoms with Crippen LogP contribution < -0.4 is 11.3 Å². The smallest absolute Gasteiger partial charge is 0.0838 e. The number of hydrazine groups is 1. The van der Waals surface area contributed by atoms with E-state index in [0.29, 0.717) is 6.61 Å². The topological polar surface area (TPSA) is 47.3 Å². The van der Waals surface area contributed by atoms with Crippen molar-refractivity contribution in [3.05, 3.63) is 22.4 Å². The molecule has 1 aromatic rings. The molecular formula is C12H22N2OS. The zero-order valence-electron chi connectivity index (χ0n) is 10.5. The minimum Gasteiger partial charge on any atom is -0.376 e. The number of ether oxygens (including phenoxy) is 1. The van der Waals surface area contributed by atoms with Crippen LogP contribution in [0.4, 0.5) is 0 Å². The monoisotopic (exact) mass is 242 g/mol. The molecule has 0 spiro atoms. The van der Waals surface area contributed by atoms with E-state index < -0.39 is 0 Å². The molecule has 0 aliphatic heterocycles. The van der Waals surface area contributed by atoms with E-state index in [-0.39, 0.29) is 17.6 Å². The summed E-state index contributed by atoms with van der Waals surface area (Å²) in [6.45, 7) is 9.23. The number of hydrogen-bond donors (Lipinski definition) is 2. The van der Waals surface area contributed by atoms with E-state index in [2.05, 4.69) is 37.6 Å². The molecule has 2 unspecified atom stereocenters. The van der Waals surface area contributed by atoms with Crippen LogP contribution in [0.1, 0.15) is 38.6 Å². The number of nitrogens with one attached hydrogen (secondary N) is 1. The quantitative estimate of drug-likeness (QED) is 0.616. The first kappa shape index (κ1) is 13.6. The molecule has 0 aliphatic carbocycles. The summed E-state index contributed by atoms with van der Waals surface area (Å²) >= 11 is 1.70. The van der Waals surface area contributed by atoms with Gasteiger partial charge >= 0.3 is 0 Å². The third-order valence-electron chi connectivity index (χ3n) is 2.53. The van der Waals surface area contributed by atoms with E-state index >= 15 is 0 Å². The summed E-state index contributed by atoms with van der Waals surface area (Å²) in [4.78, 5) is 1.22. The fraction of sp³-hybridized carbons (Fsp3) is 0.667. The van der Waals surface area contributed by atoms with Gasteiger partial charge in [-0.05, 0) is 23.8 Å². The molecule has 3 N–H and O–H groups in total. The molecule has 16 heavy (non-hydrogen) atoms. The maximum Gasteiger partial charge on any atom is 0.0838 e. The highest BCUT2D eigenvalue weighted by molar-refractivity contribution is 7.10. The lowest BCUT2D eigenvalue weighted by molar-refractivity contribution is -0.0359. The lowest BCUT2D eigenvalue weighted by atomic mass is 9.84. The Morgan fingerprint density at radius 3 is 2.56 bits per heavy atom. The number of rotatable bonds is 5. The van der Waals surface area contributed by atoms with E-state index in [0.717, 1.165) is 0 Å². The highest BCUT2D eigenvalue weighted by Crippen LogP contribution is 2.34. The Balaban J connectivity index is 2.90. The van der Waals surface area contributed by atoms with Crippen molar-refractivity contribution in [1.82, 2.24) is 5.43 Å². The first-order valence-electron chi connectivity index (χ1n) is 5.61. The molecule has 2 atom stereocenters. The van der Waals surface area contributed by atoms with Gasteiger partial charge in [0, 0.05) is 11.5 Å². The van der Waals surface area contributed by atoms with E-state index in [1.54, 1.807) is 11.3 Å². The van der Waals surface area contributed by atoms with Crippen molar-refractivity contribution in [3.63, 3.8) is 0 Å². The maximum absolute atomic E-state index is 5.85. The molecule has 0 aliphatic rings. The van der Waals surface area contributed by atoms with Gasteiger partial charge in [-0.25, -0.2) is 5.43 Å². The number of thiophene rings is 1. The van der Waals surface area contributed by atoms with Gasteiger partial charge in [-0.1, -0.05) is 26.8 Å². The van der Waals surface area contributed by atoms with E-state index in [4.69, 9.17) is 10.6 Å². The fourth-order valence-corrected chi connectivity index (χ4v) is 2.62. The van der Waals surface area contributed by atoms with Gasteiger partial charge in [0.1, 0.15) is 0 Å². The van der Waals surface area contributed by atoms with Crippen LogP contribution in [0.25, 0.3) is 0 Å². The number of nitrogens with two attached hydrogens (primary N) is 1. The van der Waals surface area contributed by atoms with Gasteiger partial charge in [0.2, 0.25) is 0 Å². The van der Waals surface area contributed by atoms with Crippen LogP contribution in [-0.4, -0.2) is 12.7 Å². The predicted octanol–water partition coefficient (Wildman–Crippen LogP) is 2.70. The van der Waals surface area contributed by atoms with Crippen molar-refractivity contribution in [1.29, 1.82) is 0 Å². The Bertz CT molecular complexity index is 292. The zero-order valence-corrected chi connectivity index (χ0v) is 11.3. The minimum atomic E-state index is 0.0526. The van der Waals surface area contributed by atoms with Gasteiger partial charge in [-0.3, -0.25) is 5.84 Å². The highest BCUT2D eigenvalue weighted by Gasteiger charge is 2.33. The van der Waals surface area contributed by atoms with Crippen LogP contribution in [0, 0.1) is 5.41 Å². The number of hydrogen-bond acceptors (Lipinski definition) is 4. The Hall–Kier alpha value is -0.420. The molecule has 0 amide bonds. The van der Waals surface area contributed by atoms with Gasteiger partial charge in [-0.15, -0.1) is 11.3 Å². The van der Waals surface area contributed by atoms with Crippen molar-refractivity contribution < 1.29 is 4.74 Å². The second-order valence-electron chi connectivity index (χ2n) is 4.90. The Morgan fingerprint density at radius 2 is 2.19 bits per heavy atom. The summed E-state index contributed by atoms with van der Waals surface area (Å²) in [7, 11) is 0. The van der Waals surface area contributed by atoms with Gasteiger partial charge in [0.25, 0.3) is 0 Å². The third kappa shape index (κ3) is 3.28. The molecule has 0 saturated carbocycles. The normalized spacial score (nSPS) is 16.1. The van der Waals surface area contributed by atoms with Gasteiger partial charge < -0.3 is 4.74 Å². The molecule has 0 radical (unpaired) electrons. The van der Waals surface area contributed by atoms with Crippen LogP contribution in [0.5, 0.6) is 0 Å². The van der Waals surface area contributed by atoms with Crippen molar-refractivity contribution in [3.8, 4) is 0 Å². The van der Waals surface area contributed by atoms with Gasteiger partial charge in [0.05, 0.1) is 12.1 Å². The minimum absolute atomic E-state index is 0.0526. The molecule has 0 saturated heterocycles. The van der Waals surface area contributed by atoms with Crippen LogP contribution in [0.3, 0.4) is 0 Å². The van der Waals surface area contributed by atoms with E-state index in [1.807, 2.05) is 13.0 Å². The SMILES string of the molecule is CCOC(C(NN)c1cccs1)C(C)(C)C. The largest absolute Gasteiger partial charge is 0.376 e. The van der Waals surface area contributed by atoms with Crippen molar-refractivity contribution in [2.24, 2.45) is 11.3 Å². The second-order valence-corrected chi connectivity index (χ2v) is 5.88. The predicted molar refractivity (Wildman–Crippen MR) is 69.3 cm³/mol. The summed E-state index contributed by atoms with van der Waals surface area (Å²) in [6, 6.07) is 4.18. The lowest BCUT2D eigenvalue weighted by Crippen LogP contribution is -2.44. The van der Waals surface area contributed by atoms with Crippen LogP contribution >= 0.6 is 11.3 Å². The molecular weight excluding hydrogens is 220 g/mol.